The number of H-pyrrole nitrogens is 1. The molecule has 2 heterocycles. The number of aromatic nitrogens is 2. The Labute approximate surface area is 111 Å². The second-order valence-corrected chi connectivity index (χ2v) is 4.41. The highest BCUT2D eigenvalue weighted by atomic mass is 16.6. The van der Waals surface area contributed by atoms with E-state index >= 15 is 0 Å². The van der Waals surface area contributed by atoms with E-state index in [0.717, 1.165) is 41.4 Å². The zero-order valence-electron chi connectivity index (χ0n) is 10.9. The minimum Gasteiger partial charge on any atom is -0.486 e. The second kappa shape index (κ2) is 5.32. The van der Waals surface area contributed by atoms with Crippen molar-refractivity contribution in [2.75, 3.05) is 19.8 Å². The number of nitrogens with one attached hydrogen (secondary N) is 2. The Hall–Kier alpha value is -2.01. The molecule has 100 valence electrons. The fourth-order valence-corrected chi connectivity index (χ4v) is 2.15. The minimum atomic E-state index is 0.601. The molecule has 0 saturated heterocycles. The van der Waals surface area contributed by atoms with Crippen LogP contribution in [0.1, 0.15) is 12.5 Å². The van der Waals surface area contributed by atoms with Gasteiger partial charge in [0.1, 0.15) is 13.2 Å². The zero-order chi connectivity index (χ0) is 13.1. The van der Waals surface area contributed by atoms with Gasteiger partial charge in [0.05, 0.1) is 11.9 Å². The summed E-state index contributed by atoms with van der Waals surface area (Å²) in [5.74, 6) is 1.61. The smallest absolute Gasteiger partial charge is 0.162 e. The lowest BCUT2D eigenvalue weighted by atomic mass is 10.1. The molecule has 0 saturated carbocycles. The third-order valence-corrected chi connectivity index (χ3v) is 3.11. The summed E-state index contributed by atoms with van der Waals surface area (Å²) in [7, 11) is 0. The van der Waals surface area contributed by atoms with Gasteiger partial charge in [-0.25, -0.2) is 0 Å². The van der Waals surface area contributed by atoms with Crippen molar-refractivity contribution in [2.45, 2.75) is 13.5 Å². The van der Waals surface area contributed by atoms with Crippen LogP contribution in [-0.4, -0.2) is 30.0 Å². The molecule has 0 amide bonds. The molecule has 0 unspecified atom stereocenters. The lowest BCUT2D eigenvalue weighted by Gasteiger charge is -2.18. The predicted octanol–water partition coefficient (Wildman–Crippen LogP) is 1.96. The lowest BCUT2D eigenvalue weighted by molar-refractivity contribution is 0.171. The Balaban J connectivity index is 1.91. The van der Waals surface area contributed by atoms with Crippen LogP contribution in [0.4, 0.5) is 0 Å². The SMILES string of the molecule is CCNCc1cn[nH]c1-c1ccc2c(c1)OCCO2. The Kier molecular flexibility index (Phi) is 3.37. The van der Waals surface area contributed by atoms with E-state index in [1.165, 1.54) is 0 Å². The number of aromatic amines is 1. The fraction of sp³-hybridized carbons (Fsp3) is 0.357. The molecule has 5 heteroatoms. The summed E-state index contributed by atoms with van der Waals surface area (Å²) in [6.45, 7) is 5.04. The van der Waals surface area contributed by atoms with Crippen molar-refractivity contribution in [1.29, 1.82) is 0 Å². The van der Waals surface area contributed by atoms with Gasteiger partial charge >= 0.3 is 0 Å². The number of hydrogen-bond donors (Lipinski definition) is 2. The van der Waals surface area contributed by atoms with Crippen molar-refractivity contribution in [2.24, 2.45) is 0 Å². The van der Waals surface area contributed by atoms with Crippen LogP contribution in [0.25, 0.3) is 11.3 Å². The second-order valence-electron chi connectivity index (χ2n) is 4.41. The summed E-state index contributed by atoms with van der Waals surface area (Å²) in [6, 6.07) is 5.97. The summed E-state index contributed by atoms with van der Waals surface area (Å²) < 4.78 is 11.1. The Bertz CT molecular complexity index is 566. The first-order chi connectivity index (χ1) is 9.38. The molecular formula is C14H17N3O2. The molecule has 1 aliphatic rings. The van der Waals surface area contributed by atoms with Gasteiger partial charge in [-0.15, -0.1) is 0 Å². The van der Waals surface area contributed by atoms with E-state index in [1.807, 2.05) is 24.4 Å². The molecule has 5 nitrogen and oxygen atoms in total. The molecule has 2 N–H and O–H groups in total. The quantitative estimate of drug-likeness (QED) is 0.881. The van der Waals surface area contributed by atoms with Crippen molar-refractivity contribution < 1.29 is 9.47 Å². The van der Waals surface area contributed by atoms with Gasteiger partial charge in [0.15, 0.2) is 11.5 Å². The van der Waals surface area contributed by atoms with Crippen LogP contribution in [0, 0.1) is 0 Å². The average Bonchev–Trinajstić information content (AvgIpc) is 2.93. The van der Waals surface area contributed by atoms with Gasteiger partial charge < -0.3 is 14.8 Å². The molecule has 0 fully saturated rings. The fourth-order valence-electron chi connectivity index (χ4n) is 2.15. The van der Waals surface area contributed by atoms with Gasteiger partial charge in [-0.1, -0.05) is 6.92 Å². The van der Waals surface area contributed by atoms with E-state index < -0.39 is 0 Å². The molecule has 3 rings (SSSR count). The first-order valence-electron chi connectivity index (χ1n) is 6.51. The van der Waals surface area contributed by atoms with Crippen LogP contribution >= 0.6 is 0 Å². The van der Waals surface area contributed by atoms with Crippen molar-refractivity contribution in [3.8, 4) is 22.8 Å². The van der Waals surface area contributed by atoms with Crippen LogP contribution in [0.3, 0.4) is 0 Å². The maximum Gasteiger partial charge on any atom is 0.162 e. The van der Waals surface area contributed by atoms with Crippen molar-refractivity contribution >= 4 is 0 Å². The molecule has 0 atom stereocenters. The molecule has 0 aliphatic carbocycles. The van der Waals surface area contributed by atoms with Crippen LogP contribution in [0.15, 0.2) is 24.4 Å². The molecule has 0 bridgehead atoms. The molecule has 1 aromatic heterocycles. The first kappa shape index (κ1) is 12.0. The van der Waals surface area contributed by atoms with E-state index in [4.69, 9.17) is 9.47 Å². The monoisotopic (exact) mass is 259 g/mol. The number of fused-ring (bicyclic) bond motifs is 1. The summed E-state index contributed by atoms with van der Waals surface area (Å²) in [4.78, 5) is 0. The summed E-state index contributed by atoms with van der Waals surface area (Å²) in [6.07, 6.45) is 1.86. The van der Waals surface area contributed by atoms with Gasteiger partial charge in [0.2, 0.25) is 0 Å². The maximum atomic E-state index is 5.61. The van der Waals surface area contributed by atoms with E-state index in [0.29, 0.717) is 13.2 Å². The Morgan fingerprint density at radius 2 is 2.11 bits per heavy atom. The molecule has 0 radical (unpaired) electrons. The number of benzene rings is 1. The molecule has 0 spiro atoms. The maximum absolute atomic E-state index is 5.61. The number of nitrogens with zero attached hydrogens (tertiary/aromatic N) is 1. The van der Waals surface area contributed by atoms with Crippen molar-refractivity contribution in [3.05, 3.63) is 30.0 Å². The van der Waals surface area contributed by atoms with Crippen molar-refractivity contribution in [1.82, 2.24) is 15.5 Å². The first-order valence-corrected chi connectivity index (χ1v) is 6.51. The molecule has 19 heavy (non-hydrogen) atoms. The van der Waals surface area contributed by atoms with Crippen LogP contribution < -0.4 is 14.8 Å². The van der Waals surface area contributed by atoms with Gasteiger partial charge in [0.25, 0.3) is 0 Å². The standard InChI is InChI=1S/C14H17N3O2/c1-2-15-8-11-9-16-17-14(11)10-3-4-12-13(7-10)19-6-5-18-12/h3-4,7,9,15H,2,5-6,8H2,1H3,(H,16,17). The van der Waals surface area contributed by atoms with Crippen LogP contribution in [0.2, 0.25) is 0 Å². The van der Waals surface area contributed by atoms with E-state index in [2.05, 4.69) is 22.4 Å². The third kappa shape index (κ3) is 2.42. The van der Waals surface area contributed by atoms with Gasteiger partial charge in [-0.2, -0.15) is 5.10 Å². The summed E-state index contributed by atoms with van der Waals surface area (Å²) in [5, 5.41) is 10.5. The normalized spacial score (nSPS) is 13.5. The summed E-state index contributed by atoms with van der Waals surface area (Å²) in [5.41, 5.74) is 3.24. The highest BCUT2D eigenvalue weighted by Crippen LogP contribution is 2.34. The average molecular weight is 259 g/mol. The van der Waals surface area contributed by atoms with E-state index in [-0.39, 0.29) is 0 Å². The summed E-state index contributed by atoms with van der Waals surface area (Å²) >= 11 is 0. The van der Waals surface area contributed by atoms with E-state index in [1.54, 1.807) is 0 Å². The van der Waals surface area contributed by atoms with E-state index in [9.17, 15) is 0 Å². The van der Waals surface area contributed by atoms with Crippen LogP contribution in [0.5, 0.6) is 11.5 Å². The minimum absolute atomic E-state index is 0.601. The predicted molar refractivity (Wildman–Crippen MR) is 72.4 cm³/mol. The third-order valence-electron chi connectivity index (χ3n) is 3.11. The zero-order valence-corrected chi connectivity index (χ0v) is 10.9. The lowest BCUT2D eigenvalue weighted by Crippen LogP contribution is -2.15. The molecule has 1 aliphatic heterocycles. The van der Waals surface area contributed by atoms with Gasteiger partial charge in [0, 0.05) is 17.7 Å². The van der Waals surface area contributed by atoms with Gasteiger partial charge in [-0.05, 0) is 24.7 Å². The van der Waals surface area contributed by atoms with Gasteiger partial charge in [-0.3, -0.25) is 5.10 Å². The molecule has 2 aromatic rings. The molecular weight excluding hydrogens is 242 g/mol. The topological polar surface area (TPSA) is 59.2 Å². The number of hydrogen-bond acceptors (Lipinski definition) is 4. The largest absolute Gasteiger partial charge is 0.486 e. The Morgan fingerprint density at radius 3 is 2.95 bits per heavy atom. The number of ether oxygens (including phenoxy) is 2. The highest BCUT2D eigenvalue weighted by Gasteiger charge is 2.14. The number of rotatable bonds is 4. The Morgan fingerprint density at radius 1 is 1.26 bits per heavy atom. The molecule has 1 aromatic carbocycles. The van der Waals surface area contributed by atoms with Crippen molar-refractivity contribution in [3.63, 3.8) is 0 Å². The van der Waals surface area contributed by atoms with Crippen LogP contribution in [-0.2, 0) is 6.54 Å². The highest BCUT2D eigenvalue weighted by molar-refractivity contribution is 5.66.